The molecule has 0 heterocycles. The maximum atomic E-state index is 11.1. The summed E-state index contributed by atoms with van der Waals surface area (Å²) in [6.45, 7) is 5.13. The third-order valence-electron chi connectivity index (χ3n) is 2.94. The van der Waals surface area contributed by atoms with E-state index in [1.165, 1.54) is 0 Å². The van der Waals surface area contributed by atoms with E-state index in [0.717, 1.165) is 18.4 Å². The second-order valence-electron chi connectivity index (χ2n) is 4.64. The van der Waals surface area contributed by atoms with Gasteiger partial charge < -0.3 is 14.6 Å². The lowest BCUT2D eigenvalue weighted by atomic mass is 10.1. The van der Waals surface area contributed by atoms with Gasteiger partial charge in [-0.2, -0.15) is 0 Å². The molecular formula is C16H22O5. The third-order valence-corrected chi connectivity index (χ3v) is 2.94. The molecule has 116 valence electrons. The molecule has 0 spiro atoms. The number of aliphatic carboxylic acids is 1. The van der Waals surface area contributed by atoms with Crippen LogP contribution in [-0.2, 0) is 16.0 Å². The van der Waals surface area contributed by atoms with Crippen molar-refractivity contribution in [3.8, 4) is 11.5 Å². The van der Waals surface area contributed by atoms with Gasteiger partial charge in [-0.25, -0.2) is 4.79 Å². The highest BCUT2D eigenvalue weighted by Crippen LogP contribution is 2.29. The molecule has 0 fully saturated rings. The van der Waals surface area contributed by atoms with Crippen LogP contribution in [0.5, 0.6) is 11.5 Å². The smallest absolute Gasteiger partial charge is 0.372 e. The fraction of sp³-hybridized carbons (Fsp3) is 0.500. The first-order valence-electron chi connectivity index (χ1n) is 7.23. The van der Waals surface area contributed by atoms with Crippen LogP contribution in [0.3, 0.4) is 0 Å². The Balaban J connectivity index is 2.72. The summed E-state index contributed by atoms with van der Waals surface area (Å²) in [6, 6.07) is 5.44. The Morgan fingerprint density at radius 2 is 1.90 bits per heavy atom. The van der Waals surface area contributed by atoms with Gasteiger partial charge in [-0.15, -0.1) is 0 Å². The van der Waals surface area contributed by atoms with Gasteiger partial charge in [0.1, 0.15) is 0 Å². The van der Waals surface area contributed by atoms with Crippen LogP contribution in [0.2, 0.25) is 0 Å². The standard InChI is InChI=1S/C16H22O5/c1-3-5-10-21-14-9-7-12(11-15(14)20-4-2)6-8-13(17)16(18)19/h7,9,11H,3-6,8,10H2,1-2H3,(H,18,19). The van der Waals surface area contributed by atoms with Crippen molar-refractivity contribution in [2.75, 3.05) is 13.2 Å². The molecule has 0 saturated carbocycles. The number of Topliss-reactive ketones (excluding diaryl/α,β-unsaturated/α-hetero) is 1. The summed E-state index contributed by atoms with van der Waals surface area (Å²) < 4.78 is 11.2. The molecule has 1 N–H and O–H groups in total. The maximum Gasteiger partial charge on any atom is 0.372 e. The summed E-state index contributed by atoms with van der Waals surface area (Å²) >= 11 is 0. The van der Waals surface area contributed by atoms with Crippen molar-refractivity contribution in [3.05, 3.63) is 23.8 Å². The lowest BCUT2D eigenvalue weighted by Gasteiger charge is -2.13. The Labute approximate surface area is 124 Å². The quantitative estimate of drug-likeness (QED) is 0.530. The molecule has 0 aliphatic rings. The predicted molar refractivity (Wildman–Crippen MR) is 79.0 cm³/mol. The molecule has 0 radical (unpaired) electrons. The van der Waals surface area contributed by atoms with Gasteiger partial charge in [0.15, 0.2) is 11.5 Å². The van der Waals surface area contributed by atoms with E-state index >= 15 is 0 Å². The van der Waals surface area contributed by atoms with Crippen molar-refractivity contribution < 1.29 is 24.2 Å². The van der Waals surface area contributed by atoms with E-state index in [4.69, 9.17) is 14.6 Å². The molecular weight excluding hydrogens is 272 g/mol. The van der Waals surface area contributed by atoms with Gasteiger partial charge in [0.2, 0.25) is 5.78 Å². The van der Waals surface area contributed by atoms with Crippen molar-refractivity contribution in [3.63, 3.8) is 0 Å². The number of carboxylic acid groups (broad SMARTS) is 1. The number of aryl methyl sites for hydroxylation is 1. The molecule has 0 amide bonds. The Morgan fingerprint density at radius 1 is 1.14 bits per heavy atom. The maximum absolute atomic E-state index is 11.1. The SMILES string of the molecule is CCCCOc1ccc(CCC(=O)C(=O)O)cc1OCC. The molecule has 0 aromatic heterocycles. The zero-order valence-electron chi connectivity index (χ0n) is 12.6. The number of benzene rings is 1. The molecule has 0 aliphatic carbocycles. The summed E-state index contributed by atoms with van der Waals surface area (Å²) in [6.07, 6.45) is 2.39. The average molecular weight is 294 g/mol. The van der Waals surface area contributed by atoms with Crippen LogP contribution in [0.15, 0.2) is 18.2 Å². The number of ether oxygens (including phenoxy) is 2. The Morgan fingerprint density at radius 3 is 2.52 bits per heavy atom. The molecule has 5 nitrogen and oxygen atoms in total. The number of carboxylic acids is 1. The summed E-state index contributed by atoms with van der Waals surface area (Å²) in [5.74, 6) is -0.858. The number of rotatable bonds is 10. The molecule has 1 aromatic carbocycles. The van der Waals surface area contributed by atoms with Crippen molar-refractivity contribution in [1.82, 2.24) is 0 Å². The molecule has 0 aliphatic heterocycles. The number of ketones is 1. The van der Waals surface area contributed by atoms with E-state index < -0.39 is 11.8 Å². The monoisotopic (exact) mass is 294 g/mol. The van der Waals surface area contributed by atoms with Crippen molar-refractivity contribution in [1.29, 1.82) is 0 Å². The number of carbonyl (C=O) groups is 2. The Bertz CT molecular complexity index is 482. The van der Waals surface area contributed by atoms with E-state index in [2.05, 4.69) is 6.92 Å². The second-order valence-corrected chi connectivity index (χ2v) is 4.64. The fourth-order valence-corrected chi connectivity index (χ4v) is 1.79. The van der Waals surface area contributed by atoms with Crippen LogP contribution in [0, 0.1) is 0 Å². The highest BCUT2D eigenvalue weighted by molar-refractivity contribution is 6.32. The molecule has 0 atom stereocenters. The molecule has 0 bridgehead atoms. The van der Waals surface area contributed by atoms with Crippen molar-refractivity contribution >= 4 is 11.8 Å². The lowest BCUT2D eigenvalue weighted by Crippen LogP contribution is -2.13. The molecule has 1 rings (SSSR count). The van der Waals surface area contributed by atoms with Gasteiger partial charge in [-0.3, -0.25) is 4.79 Å². The number of hydrogen-bond donors (Lipinski definition) is 1. The van der Waals surface area contributed by atoms with Crippen LogP contribution in [0.4, 0.5) is 0 Å². The second kappa shape index (κ2) is 9.00. The minimum absolute atomic E-state index is 0.0169. The van der Waals surface area contributed by atoms with Crippen LogP contribution in [-0.4, -0.2) is 30.1 Å². The number of unbranched alkanes of at least 4 members (excludes halogenated alkanes) is 1. The molecule has 21 heavy (non-hydrogen) atoms. The highest BCUT2D eigenvalue weighted by atomic mass is 16.5. The summed E-state index contributed by atoms with van der Waals surface area (Å²) in [5, 5.41) is 8.57. The van der Waals surface area contributed by atoms with Gasteiger partial charge in [0, 0.05) is 6.42 Å². The van der Waals surface area contributed by atoms with Crippen LogP contribution in [0.1, 0.15) is 38.7 Å². The van der Waals surface area contributed by atoms with Gasteiger partial charge in [0.05, 0.1) is 13.2 Å². The topological polar surface area (TPSA) is 72.8 Å². The van der Waals surface area contributed by atoms with Gasteiger partial charge in [0.25, 0.3) is 0 Å². The lowest BCUT2D eigenvalue weighted by molar-refractivity contribution is -0.149. The summed E-state index contributed by atoms with van der Waals surface area (Å²) in [4.78, 5) is 21.6. The molecule has 5 heteroatoms. The van der Waals surface area contributed by atoms with E-state index in [-0.39, 0.29) is 6.42 Å². The fourth-order valence-electron chi connectivity index (χ4n) is 1.79. The Hall–Kier alpha value is -2.04. The van der Waals surface area contributed by atoms with E-state index in [1.807, 2.05) is 13.0 Å². The zero-order valence-corrected chi connectivity index (χ0v) is 12.6. The van der Waals surface area contributed by atoms with E-state index in [0.29, 0.717) is 31.1 Å². The van der Waals surface area contributed by atoms with Crippen LogP contribution in [0.25, 0.3) is 0 Å². The predicted octanol–water partition coefficient (Wildman–Crippen LogP) is 2.85. The van der Waals surface area contributed by atoms with E-state index in [1.54, 1.807) is 12.1 Å². The first-order chi connectivity index (χ1) is 10.1. The first kappa shape index (κ1) is 17.0. The number of hydrogen-bond acceptors (Lipinski definition) is 4. The molecule has 1 aromatic rings. The minimum Gasteiger partial charge on any atom is -0.490 e. The van der Waals surface area contributed by atoms with Gasteiger partial charge in [-0.05, 0) is 37.5 Å². The highest BCUT2D eigenvalue weighted by Gasteiger charge is 2.12. The van der Waals surface area contributed by atoms with Gasteiger partial charge in [-0.1, -0.05) is 19.4 Å². The summed E-state index contributed by atoms with van der Waals surface area (Å²) in [7, 11) is 0. The zero-order chi connectivity index (χ0) is 15.7. The van der Waals surface area contributed by atoms with Gasteiger partial charge >= 0.3 is 5.97 Å². The largest absolute Gasteiger partial charge is 0.490 e. The molecule has 0 unspecified atom stereocenters. The van der Waals surface area contributed by atoms with Crippen molar-refractivity contribution in [2.45, 2.75) is 39.5 Å². The van der Waals surface area contributed by atoms with Crippen LogP contribution >= 0.6 is 0 Å². The minimum atomic E-state index is -1.39. The van der Waals surface area contributed by atoms with Crippen LogP contribution < -0.4 is 9.47 Å². The molecule has 0 saturated heterocycles. The van der Waals surface area contributed by atoms with E-state index in [9.17, 15) is 9.59 Å². The third kappa shape index (κ3) is 5.85. The first-order valence-corrected chi connectivity index (χ1v) is 7.23. The average Bonchev–Trinajstić information content (AvgIpc) is 2.47. The van der Waals surface area contributed by atoms with Crippen molar-refractivity contribution in [2.24, 2.45) is 0 Å². The normalized spacial score (nSPS) is 10.2. The Kier molecular flexibility index (Phi) is 7.29. The number of carbonyl (C=O) groups excluding carboxylic acids is 1. The summed E-state index contributed by atoms with van der Waals surface area (Å²) in [5.41, 5.74) is 0.857.